The van der Waals surface area contributed by atoms with E-state index in [-0.39, 0.29) is 5.12 Å². The van der Waals surface area contributed by atoms with Gasteiger partial charge < -0.3 is 0 Å². The molecule has 3 nitrogen and oxygen atoms in total. The smallest absolute Gasteiger partial charge is 0.233 e. The van der Waals surface area contributed by atoms with Gasteiger partial charge in [-0.3, -0.25) is 9.78 Å². The van der Waals surface area contributed by atoms with Crippen LogP contribution in [0.25, 0.3) is 0 Å². The highest BCUT2D eigenvalue weighted by atomic mass is 33.1. The summed E-state index contributed by atoms with van der Waals surface area (Å²) in [6, 6.07) is 1.59. The first-order valence-corrected chi connectivity index (χ1v) is 5.36. The van der Waals surface area contributed by atoms with Crippen molar-refractivity contribution in [1.29, 1.82) is 0 Å². The first-order valence-electron chi connectivity index (χ1n) is 2.87. The number of pyridine rings is 1. The molecule has 11 heavy (non-hydrogen) atoms. The Kier molecular flexibility index (Phi) is 1.54. The standard InChI is InChI=1S/C6H3NO2S2/c8-6-4-1-2-7-3-5(4)11(9)10-6/h1-3H. The maximum atomic E-state index is 11.1. The minimum Gasteiger partial charge on any atom is -0.280 e. The average molecular weight is 185 g/mol. The Bertz CT molecular complexity index is 317. The Labute approximate surface area is 69.1 Å². The lowest BCUT2D eigenvalue weighted by Gasteiger charge is -1.88. The highest BCUT2D eigenvalue weighted by Crippen LogP contribution is 2.32. The molecule has 1 aromatic rings. The molecule has 2 heterocycles. The Morgan fingerprint density at radius 2 is 2.36 bits per heavy atom. The summed E-state index contributed by atoms with van der Waals surface area (Å²) in [6.07, 6.45) is 3.00. The molecule has 0 aromatic carbocycles. The van der Waals surface area contributed by atoms with Crippen LogP contribution in [0.2, 0.25) is 0 Å². The van der Waals surface area contributed by atoms with Crippen LogP contribution in [0.1, 0.15) is 10.4 Å². The van der Waals surface area contributed by atoms with Gasteiger partial charge in [-0.1, -0.05) is 0 Å². The predicted molar refractivity (Wildman–Crippen MR) is 42.6 cm³/mol. The summed E-state index contributed by atoms with van der Waals surface area (Å²) in [4.78, 5) is 15.3. The molecule has 0 amide bonds. The van der Waals surface area contributed by atoms with E-state index < -0.39 is 9.83 Å². The van der Waals surface area contributed by atoms with E-state index in [1.807, 2.05) is 0 Å². The molecule has 1 aromatic heterocycles. The van der Waals surface area contributed by atoms with E-state index in [1.54, 1.807) is 6.07 Å². The maximum absolute atomic E-state index is 11.1. The zero-order valence-electron chi connectivity index (χ0n) is 5.31. The number of hydrogen-bond acceptors (Lipinski definition) is 4. The third kappa shape index (κ3) is 1.00. The van der Waals surface area contributed by atoms with Crippen LogP contribution in [-0.2, 0) is 9.83 Å². The van der Waals surface area contributed by atoms with Gasteiger partial charge in [0, 0.05) is 28.8 Å². The van der Waals surface area contributed by atoms with Crippen molar-refractivity contribution in [1.82, 2.24) is 4.98 Å². The number of hydrogen-bond donors (Lipinski definition) is 0. The number of nitrogens with zero attached hydrogens (tertiary/aromatic N) is 1. The fourth-order valence-corrected chi connectivity index (χ4v) is 3.24. The molecule has 0 N–H and O–H groups in total. The molecule has 0 radical (unpaired) electrons. The van der Waals surface area contributed by atoms with E-state index >= 15 is 0 Å². The van der Waals surface area contributed by atoms with Crippen molar-refractivity contribution in [3.8, 4) is 0 Å². The van der Waals surface area contributed by atoms with E-state index in [2.05, 4.69) is 4.98 Å². The van der Waals surface area contributed by atoms with Crippen LogP contribution in [0.15, 0.2) is 23.4 Å². The van der Waals surface area contributed by atoms with Gasteiger partial charge in [0.05, 0.1) is 4.90 Å². The van der Waals surface area contributed by atoms with Crippen molar-refractivity contribution >= 4 is 25.7 Å². The van der Waals surface area contributed by atoms with E-state index in [9.17, 15) is 9.00 Å². The second kappa shape index (κ2) is 2.42. The van der Waals surface area contributed by atoms with Gasteiger partial charge in [-0.25, -0.2) is 4.21 Å². The predicted octanol–water partition coefficient (Wildman–Crippen LogP) is 0.991. The molecule has 0 fully saturated rings. The SMILES string of the molecule is O=C1SS(=O)c2cnccc21. The molecular weight excluding hydrogens is 182 g/mol. The normalized spacial score (nSPS) is 21.8. The molecule has 0 saturated heterocycles. The van der Waals surface area contributed by atoms with Gasteiger partial charge >= 0.3 is 0 Å². The minimum absolute atomic E-state index is 0.124. The van der Waals surface area contributed by atoms with E-state index in [0.29, 0.717) is 10.5 Å². The average Bonchev–Trinajstić information content (AvgIpc) is 2.30. The highest BCUT2D eigenvalue weighted by Gasteiger charge is 2.27. The van der Waals surface area contributed by atoms with Crippen molar-refractivity contribution in [2.24, 2.45) is 0 Å². The molecule has 1 atom stereocenters. The highest BCUT2D eigenvalue weighted by molar-refractivity contribution is 8.76. The number of rotatable bonds is 0. The van der Waals surface area contributed by atoms with Crippen LogP contribution in [-0.4, -0.2) is 14.3 Å². The van der Waals surface area contributed by atoms with Crippen LogP contribution in [0, 0.1) is 0 Å². The first kappa shape index (κ1) is 7.00. The van der Waals surface area contributed by atoms with Crippen molar-refractivity contribution < 1.29 is 9.00 Å². The Hall–Kier alpha value is -0.680. The van der Waals surface area contributed by atoms with Gasteiger partial charge in [0.15, 0.2) is 0 Å². The molecule has 5 heteroatoms. The van der Waals surface area contributed by atoms with Gasteiger partial charge in [-0.15, -0.1) is 0 Å². The van der Waals surface area contributed by atoms with Crippen LogP contribution in [0.4, 0.5) is 0 Å². The zero-order valence-corrected chi connectivity index (χ0v) is 6.95. The van der Waals surface area contributed by atoms with Crippen molar-refractivity contribution in [3.63, 3.8) is 0 Å². The lowest BCUT2D eigenvalue weighted by molar-refractivity contribution is 0.108. The van der Waals surface area contributed by atoms with Crippen LogP contribution in [0.5, 0.6) is 0 Å². The van der Waals surface area contributed by atoms with Crippen LogP contribution < -0.4 is 0 Å². The molecule has 0 bridgehead atoms. The third-order valence-electron chi connectivity index (χ3n) is 1.34. The molecule has 0 spiro atoms. The largest absolute Gasteiger partial charge is 0.280 e. The van der Waals surface area contributed by atoms with E-state index in [4.69, 9.17) is 0 Å². The molecule has 1 aliphatic rings. The molecular formula is C6H3NO2S2. The first-order chi connectivity index (χ1) is 5.29. The fourth-order valence-electron chi connectivity index (χ4n) is 0.840. The topological polar surface area (TPSA) is 47.0 Å². The molecule has 56 valence electrons. The molecule has 1 aliphatic heterocycles. The van der Waals surface area contributed by atoms with E-state index in [0.717, 1.165) is 10.8 Å². The van der Waals surface area contributed by atoms with E-state index in [1.165, 1.54) is 12.4 Å². The quantitative estimate of drug-likeness (QED) is 0.565. The van der Waals surface area contributed by atoms with Gasteiger partial charge in [-0.2, -0.15) is 0 Å². The van der Waals surface area contributed by atoms with Crippen molar-refractivity contribution in [2.45, 2.75) is 4.90 Å². The lowest BCUT2D eigenvalue weighted by atomic mass is 10.3. The molecule has 2 rings (SSSR count). The van der Waals surface area contributed by atoms with Crippen LogP contribution >= 0.6 is 10.8 Å². The monoisotopic (exact) mass is 185 g/mol. The number of fused-ring (bicyclic) bond motifs is 1. The Balaban J connectivity index is 2.69. The molecule has 0 saturated carbocycles. The Morgan fingerprint density at radius 1 is 1.55 bits per heavy atom. The molecule has 1 unspecified atom stereocenters. The van der Waals surface area contributed by atoms with Gasteiger partial charge in [-0.05, 0) is 6.07 Å². The number of carbonyl (C=O) groups is 1. The summed E-state index contributed by atoms with van der Waals surface area (Å²) in [6.45, 7) is 0. The zero-order chi connectivity index (χ0) is 7.84. The summed E-state index contributed by atoms with van der Waals surface area (Å²) in [7, 11) is -0.381. The minimum atomic E-state index is -1.22. The second-order valence-electron chi connectivity index (χ2n) is 1.98. The Morgan fingerprint density at radius 3 is 3.09 bits per heavy atom. The van der Waals surface area contributed by atoms with Crippen LogP contribution in [0.3, 0.4) is 0 Å². The summed E-state index contributed by atoms with van der Waals surface area (Å²) in [5.41, 5.74) is 0.531. The van der Waals surface area contributed by atoms with Crippen molar-refractivity contribution in [3.05, 3.63) is 24.0 Å². The lowest BCUT2D eigenvalue weighted by Crippen LogP contribution is -1.87. The van der Waals surface area contributed by atoms with Crippen molar-refractivity contribution in [2.75, 3.05) is 0 Å². The number of aromatic nitrogens is 1. The van der Waals surface area contributed by atoms with Gasteiger partial charge in [0.1, 0.15) is 9.83 Å². The summed E-state index contributed by atoms with van der Waals surface area (Å²) in [5, 5.41) is -0.124. The maximum Gasteiger partial charge on any atom is 0.233 e. The molecule has 0 aliphatic carbocycles. The van der Waals surface area contributed by atoms with Gasteiger partial charge in [0.25, 0.3) is 0 Å². The fraction of sp³-hybridized carbons (Fsp3) is 0. The third-order valence-corrected chi connectivity index (χ3v) is 3.99. The summed E-state index contributed by atoms with van der Waals surface area (Å²) < 4.78 is 11.1. The number of carbonyl (C=O) groups excluding carboxylic acids is 1. The summed E-state index contributed by atoms with van der Waals surface area (Å²) in [5.74, 6) is 0. The second-order valence-corrected chi connectivity index (χ2v) is 4.83. The van der Waals surface area contributed by atoms with Gasteiger partial charge in [0.2, 0.25) is 5.12 Å². The summed E-state index contributed by atoms with van der Waals surface area (Å²) >= 11 is 0.